The number of nitrogens with one attached hydrogen (secondary N) is 1. The molecular formula is C17H21NO2. The Kier molecular flexibility index (Phi) is 2.68. The third-order valence-electron chi connectivity index (χ3n) is 5.96. The summed E-state index contributed by atoms with van der Waals surface area (Å²) in [5.41, 5.74) is 0.971. The van der Waals surface area contributed by atoms with E-state index in [-0.39, 0.29) is 0 Å². The van der Waals surface area contributed by atoms with Crippen molar-refractivity contribution in [3.05, 3.63) is 29.8 Å². The van der Waals surface area contributed by atoms with Gasteiger partial charge in [-0.1, -0.05) is 18.2 Å². The molecule has 0 saturated heterocycles. The van der Waals surface area contributed by atoms with Crippen molar-refractivity contribution in [2.24, 2.45) is 23.7 Å². The molecule has 0 atom stereocenters. The van der Waals surface area contributed by atoms with E-state index in [4.69, 9.17) is 0 Å². The molecule has 4 fully saturated rings. The summed E-state index contributed by atoms with van der Waals surface area (Å²) in [6.07, 6.45) is 6.69. The number of carbonyl (C=O) groups excluding carboxylic acids is 1. The Labute approximate surface area is 119 Å². The van der Waals surface area contributed by atoms with E-state index in [1.807, 2.05) is 24.3 Å². The summed E-state index contributed by atoms with van der Waals surface area (Å²) >= 11 is 0. The van der Waals surface area contributed by atoms with Crippen molar-refractivity contribution in [3.8, 4) is 0 Å². The Hall–Kier alpha value is -1.35. The lowest BCUT2D eigenvalue weighted by Gasteiger charge is -2.59. The van der Waals surface area contributed by atoms with Gasteiger partial charge in [0.1, 0.15) is 0 Å². The van der Waals surface area contributed by atoms with Crippen LogP contribution in [0.15, 0.2) is 24.3 Å². The van der Waals surface area contributed by atoms with Crippen LogP contribution in [0.5, 0.6) is 0 Å². The number of hydrogen-bond donors (Lipinski definition) is 2. The lowest BCUT2D eigenvalue weighted by atomic mass is 9.48. The predicted octanol–water partition coefficient (Wildman–Crippen LogP) is 2.90. The molecular weight excluding hydrogens is 250 g/mol. The number of para-hydroxylation sites is 1. The summed E-state index contributed by atoms with van der Waals surface area (Å²) in [5.74, 6) is 2.38. The second-order valence-corrected chi connectivity index (χ2v) is 6.94. The van der Waals surface area contributed by atoms with Crippen LogP contribution in [0.25, 0.3) is 0 Å². The Bertz CT molecular complexity index is 512. The average Bonchev–Trinajstić information content (AvgIpc) is 2.45. The lowest BCUT2D eigenvalue weighted by Crippen LogP contribution is -2.55. The first-order valence-corrected chi connectivity index (χ1v) is 7.74. The van der Waals surface area contributed by atoms with Gasteiger partial charge in [0.15, 0.2) is 0 Å². The summed E-state index contributed by atoms with van der Waals surface area (Å²) in [7, 11) is 0. The SMILES string of the molecule is O=CNc1ccccc1C1(O)C2CC3CC(C2)CC1C3. The van der Waals surface area contributed by atoms with Crippen molar-refractivity contribution >= 4 is 12.1 Å². The van der Waals surface area contributed by atoms with Gasteiger partial charge in [-0.3, -0.25) is 4.79 Å². The molecule has 1 amide bonds. The Morgan fingerprint density at radius 2 is 1.65 bits per heavy atom. The summed E-state index contributed by atoms with van der Waals surface area (Å²) in [6, 6.07) is 7.77. The molecule has 0 spiro atoms. The van der Waals surface area contributed by atoms with Crippen LogP contribution in [0.1, 0.15) is 37.7 Å². The summed E-state index contributed by atoms with van der Waals surface area (Å²) in [6.45, 7) is 0. The van der Waals surface area contributed by atoms with Crippen LogP contribution in [-0.2, 0) is 10.4 Å². The van der Waals surface area contributed by atoms with Crippen LogP contribution < -0.4 is 5.32 Å². The van der Waals surface area contributed by atoms with E-state index in [0.29, 0.717) is 18.2 Å². The fourth-order valence-corrected chi connectivity index (χ4v) is 5.36. The molecule has 4 bridgehead atoms. The van der Waals surface area contributed by atoms with Crippen LogP contribution in [-0.4, -0.2) is 11.5 Å². The molecule has 0 radical (unpaired) electrons. The van der Waals surface area contributed by atoms with E-state index in [1.54, 1.807) is 0 Å². The van der Waals surface area contributed by atoms with Gasteiger partial charge in [-0.25, -0.2) is 0 Å². The molecule has 0 aliphatic heterocycles. The maximum atomic E-state index is 11.5. The Morgan fingerprint density at radius 3 is 2.25 bits per heavy atom. The Morgan fingerprint density at radius 1 is 1.05 bits per heavy atom. The van der Waals surface area contributed by atoms with Crippen LogP contribution >= 0.6 is 0 Å². The minimum Gasteiger partial charge on any atom is -0.385 e. The van der Waals surface area contributed by atoms with Gasteiger partial charge in [0.25, 0.3) is 0 Å². The summed E-state index contributed by atoms with van der Waals surface area (Å²) in [4.78, 5) is 10.8. The molecule has 4 saturated carbocycles. The zero-order valence-corrected chi connectivity index (χ0v) is 11.6. The zero-order valence-electron chi connectivity index (χ0n) is 11.6. The zero-order chi connectivity index (χ0) is 13.7. The number of hydrogen-bond acceptors (Lipinski definition) is 2. The second kappa shape index (κ2) is 4.32. The lowest BCUT2D eigenvalue weighted by molar-refractivity contribution is -0.179. The van der Waals surface area contributed by atoms with Crippen molar-refractivity contribution in [2.45, 2.75) is 37.7 Å². The van der Waals surface area contributed by atoms with E-state index >= 15 is 0 Å². The standard InChI is InChI=1S/C17H21NO2/c19-10-18-16-4-2-1-3-15(16)17(20)13-6-11-5-12(8-13)9-14(17)7-11/h1-4,10-14,20H,5-9H2,(H,18,19). The van der Waals surface area contributed by atoms with Crippen LogP contribution in [0.4, 0.5) is 5.69 Å². The number of carbonyl (C=O) groups is 1. The van der Waals surface area contributed by atoms with Crippen molar-refractivity contribution in [1.29, 1.82) is 0 Å². The molecule has 3 heteroatoms. The second-order valence-electron chi connectivity index (χ2n) is 6.94. The van der Waals surface area contributed by atoms with Gasteiger partial charge in [0, 0.05) is 11.3 Å². The largest absolute Gasteiger partial charge is 0.385 e. The van der Waals surface area contributed by atoms with E-state index in [9.17, 15) is 9.90 Å². The maximum absolute atomic E-state index is 11.5. The molecule has 5 rings (SSSR count). The van der Waals surface area contributed by atoms with Crippen molar-refractivity contribution < 1.29 is 9.90 Å². The smallest absolute Gasteiger partial charge is 0.211 e. The number of amides is 1. The third kappa shape index (κ3) is 1.59. The van der Waals surface area contributed by atoms with Crippen LogP contribution in [0.3, 0.4) is 0 Å². The molecule has 0 unspecified atom stereocenters. The number of benzene rings is 1. The minimum atomic E-state index is -0.736. The van der Waals surface area contributed by atoms with Gasteiger partial charge in [0.2, 0.25) is 6.41 Å². The van der Waals surface area contributed by atoms with Gasteiger partial charge >= 0.3 is 0 Å². The third-order valence-corrected chi connectivity index (χ3v) is 5.96. The fraction of sp³-hybridized carbons (Fsp3) is 0.588. The minimum absolute atomic E-state index is 0.369. The van der Waals surface area contributed by atoms with E-state index < -0.39 is 5.60 Å². The van der Waals surface area contributed by atoms with Crippen molar-refractivity contribution in [1.82, 2.24) is 0 Å². The van der Waals surface area contributed by atoms with Crippen molar-refractivity contribution in [2.75, 3.05) is 5.32 Å². The van der Waals surface area contributed by atoms with Gasteiger partial charge in [-0.15, -0.1) is 0 Å². The first-order chi connectivity index (χ1) is 9.71. The van der Waals surface area contributed by atoms with Gasteiger partial charge < -0.3 is 10.4 Å². The van der Waals surface area contributed by atoms with E-state index in [1.165, 1.54) is 6.42 Å². The molecule has 0 heterocycles. The molecule has 3 nitrogen and oxygen atoms in total. The fourth-order valence-electron chi connectivity index (χ4n) is 5.36. The molecule has 1 aromatic rings. The molecule has 0 aromatic heterocycles. The monoisotopic (exact) mass is 271 g/mol. The first-order valence-electron chi connectivity index (χ1n) is 7.74. The molecule has 106 valence electrons. The topological polar surface area (TPSA) is 49.3 Å². The summed E-state index contributed by atoms with van der Waals surface area (Å²) < 4.78 is 0. The molecule has 4 aliphatic carbocycles. The number of aliphatic hydroxyl groups is 1. The van der Waals surface area contributed by atoms with E-state index in [2.05, 4.69) is 5.32 Å². The average molecular weight is 271 g/mol. The quantitative estimate of drug-likeness (QED) is 0.830. The van der Waals surface area contributed by atoms with Crippen LogP contribution in [0, 0.1) is 23.7 Å². The highest BCUT2D eigenvalue weighted by atomic mass is 16.3. The highest BCUT2D eigenvalue weighted by Gasteiger charge is 2.57. The number of rotatable bonds is 3. The highest BCUT2D eigenvalue weighted by molar-refractivity contribution is 5.74. The highest BCUT2D eigenvalue weighted by Crippen LogP contribution is 2.62. The first kappa shape index (κ1) is 12.4. The number of anilines is 1. The maximum Gasteiger partial charge on any atom is 0.211 e. The van der Waals surface area contributed by atoms with E-state index in [0.717, 1.165) is 48.8 Å². The molecule has 1 aromatic carbocycles. The Balaban J connectivity index is 1.79. The van der Waals surface area contributed by atoms with Gasteiger partial charge in [0.05, 0.1) is 5.60 Å². The normalized spacial score (nSPS) is 41.6. The van der Waals surface area contributed by atoms with Crippen LogP contribution in [0.2, 0.25) is 0 Å². The predicted molar refractivity (Wildman–Crippen MR) is 77.1 cm³/mol. The molecule has 2 N–H and O–H groups in total. The molecule has 4 aliphatic rings. The summed E-state index contributed by atoms with van der Waals surface area (Å²) in [5, 5.41) is 14.3. The molecule has 20 heavy (non-hydrogen) atoms. The van der Waals surface area contributed by atoms with Gasteiger partial charge in [-0.2, -0.15) is 0 Å². The van der Waals surface area contributed by atoms with Gasteiger partial charge in [-0.05, 0) is 61.8 Å². The van der Waals surface area contributed by atoms with Crippen molar-refractivity contribution in [3.63, 3.8) is 0 Å².